The number of carbonyl (C=O) groups is 1. The van der Waals surface area contributed by atoms with E-state index in [0.717, 1.165) is 32.4 Å². The Morgan fingerprint density at radius 1 is 1.25 bits per heavy atom. The molecule has 2 saturated carbocycles. The molecular weight excluding hydrogens is 250 g/mol. The number of Topliss-reactive ketones (excluding diaryl/α,β-unsaturated/α-hetero) is 1. The largest absolute Gasteiger partial charge is 0.395 e. The average Bonchev–Trinajstić information content (AvgIpc) is 2.43. The number of carbonyl (C=O) groups excluding carboxylic acids is 1. The lowest BCUT2D eigenvalue weighted by Gasteiger charge is -2.40. The molecule has 0 radical (unpaired) electrons. The summed E-state index contributed by atoms with van der Waals surface area (Å²) in [5.41, 5.74) is 0.302. The van der Waals surface area contributed by atoms with Gasteiger partial charge < -0.3 is 5.11 Å². The number of rotatable bonds is 5. The lowest BCUT2D eigenvalue weighted by molar-refractivity contribution is -0.128. The van der Waals surface area contributed by atoms with Gasteiger partial charge in [0.05, 0.1) is 6.61 Å². The van der Waals surface area contributed by atoms with Gasteiger partial charge in [-0.2, -0.15) is 0 Å². The molecule has 2 aliphatic rings. The summed E-state index contributed by atoms with van der Waals surface area (Å²) in [7, 11) is 0. The second-order valence-electron chi connectivity index (χ2n) is 7.54. The second-order valence-corrected chi connectivity index (χ2v) is 7.54. The van der Waals surface area contributed by atoms with Crippen molar-refractivity contribution in [2.75, 3.05) is 19.7 Å². The maximum atomic E-state index is 12.2. The van der Waals surface area contributed by atoms with Crippen LogP contribution in [0.3, 0.4) is 0 Å². The lowest BCUT2D eigenvalue weighted by atomic mass is 9.71. The number of aliphatic hydroxyl groups is 1. The summed E-state index contributed by atoms with van der Waals surface area (Å²) >= 11 is 0. The van der Waals surface area contributed by atoms with Crippen LogP contribution in [0.1, 0.15) is 65.2 Å². The summed E-state index contributed by atoms with van der Waals surface area (Å²) in [6, 6.07) is 0.591. The van der Waals surface area contributed by atoms with Crippen LogP contribution in [-0.4, -0.2) is 41.5 Å². The molecule has 1 unspecified atom stereocenters. The molecule has 0 heterocycles. The predicted octanol–water partition coefficient (Wildman–Crippen LogP) is 3.01. The minimum Gasteiger partial charge on any atom is -0.395 e. The molecule has 2 fully saturated rings. The van der Waals surface area contributed by atoms with E-state index in [1.54, 1.807) is 0 Å². The first-order valence-electron chi connectivity index (χ1n) is 8.39. The molecule has 0 aromatic rings. The van der Waals surface area contributed by atoms with E-state index in [1.807, 2.05) is 0 Å². The summed E-state index contributed by atoms with van der Waals surface area (Å²) in [6.07, 6.45) is 9.22. The molecule has 0 amide bonds. The van der Waals surface area contributed by atoms with E-state index in [1.165, 1.54) is 32.1 Å². The molecule has 3 heteroatoms. The predicted molar refractivity (Wildman–Crippen MR) is 81.7 cm³/mol. The second kappa shape index (κ2) is 7.04. The third-order valence-corrected chi connectivity index (χ3v) is 5.24. The van der Waals surface area contributed by atoms with Gasteiger partial charge in [-0.05, 0) is 31.1 Å². The van der Waals surface area contributed by atoms with Crippen molar-refractivity contribution in [3.63, 3.8) is 0 Å². The highest BCUT2D eigenvalue weighted by Crippen LogP contribution is 2.37. The minimum atomic E-state index is 0.187. The fourth-order valence-corrected chi connectivity index (χ4v) is 4.00. The Morgan fingerprint density at radius 3 is 2.60 bits per heavy atom. The van der Waals surface area contributed by atoms with E-state index in [2.05, 4.69) is 18.7 Å². The van der Waals surface area contributed by atoms with Crippen molar-refractivity contribution >= 4 is 5.78 Å². The molecule has 0 aliphatic heterocycles. The smallest absolute Gasteiger partial charge is 0.137 e. The van der Waals surface area contributed by atoms with Gasteiger partial charge in [-0.1, -0.05) is 33.1 Å². The molecule has 1 N–H and O–H groups in total. The van der Waals surface area contributed by atoms with Gasteiger partial charge in [0, 0.05) is 31.5 Å². The molecule has 3 nitrogen and oxygen atoms in total. The molecule has 116 valence electrons. The molecule has 2 rings (SSSR count). The van der Waals surface area contributed by atoms with Gasteiger partial charge >= 0.3 is 0 Å². The standard InChI is InChI=1S/C17H31NO2/c1-17(2)9-8-16(20)14(12-17)13-18(10-11-19)15-6-4-3-5-7-15/h14-15,19H,3-13H2,1-2H3. The first-order valence-corrected chi connectivity index (χ1v) is 8.39. The summed E-state index contributed by atoms with van der Waals surface area (Å²) < 4.78 is 0. The Balaban J connectivity index is 1.97. The molecule has 0 aromatic carbocycles. The molecule has 0 saturated heterocycles. The third kappa shape index (κ3) is 4.29. The number of ketones is 1. The molecule has 1 atom stereocenters. The van der Waals surface area contributed by atoms with Crippen molar-refractivity contribution < 1.29 is 9.90 Å². The van der Waals surface area contributed by atoms with Crippen molar-refractivity contribution in [1.29, 1.82) is 0 Å². The normalized spacial score (nSPS) is 28.0. The van der Waals surface area contributed by atoms with Gasteiger partial charge in [0.2, 0.25) is 0 Å². The van der Waals surface area contributed by atoms with E-state index >= 15 is 0 Å². The SMILES string of the molecule is CC1(C)CCC(=O)C(CN(CCO)C2CCCCC2)C1. The lowest BCUT2D eigenvalue weighted by Crippen LogP contribution is -2.45. The number of aliphatic hydroxyl groups excluding tert-OH is 1. The van der Waals surface area contributed by atoms with Crippen LogP contribution >= 0.6 is 0 Å². The highest BCUT2D eigenvalue weighted by Gasteiger charge is 2.35. The Hall–Kier alpha value is -0.410. The van der Waals surface area contributed by atoms with Gasteiger partial charge in [-0.3, -0.25) is 9.69 Å². The van der Waals surface area contributed by atoms with Gasteiger partial charge in [0.1, 0.15) is 5.78 Å². The molecule has 0 aromatic heterocycles. The van der Waals surface area contributed by atoms with Crippen LogP contribution in [0.4, 0.5) is 0 Å². The highest BCUT2D eigenvalue weighted by atomic mass is 16.3. The molecule has 20 heavy (non-hydrogen) atoms. The molecule has 0 spiro atoms. The molecule has 0 bridgehead atoms. The van der Waals surface area contributed by atoms with Crippen molar-refractivity contribution in [2.45, 2.75) is 71.3 Å². The fraction of sp³-hybridized carbons (Fsp3) is 0.941. The monoisotopic (exact) mass is 281 g/mol. The van der Waals surface area contributed by atoms with Gasteiger partial charge in [0.25, 0.3) is 0 Å². The first-order chi connectivity index (χ1) is 9.52. The average molecular weight is 281 g/mol. The van der Waals surface area contributed by atoms with Gasteiger partial charge in [0.15, 0.2) is 0 Å². The van der Waals surface area contributed by atoms with Crippen LogP contribution in [0, 0.1) is 11.3 Å². The van der Waals surface area contributed by atoms with Crippen LogP contribution in [-0.2, 0) is 4.79 Å². The number of hydrogen-bond donors (Lipinski definition) is 1. The summed E-state index contributed by atoms with van der Waals surface area (Å²) in [6.45, 7) is 6.37. The summed E-state index contributed by atoms with van der Waals surface area (Å²) in [5.74, 6) is 0.635. The Bertz CT molecular complexity index is 321. The van der Waals surface area contributed by atoms with E-state index in [0.29, 0.717) is 17.2 Å². The summed E-state index contributed by atoms with van der Waals surface area (Å²) in [5, 5.41) is 9.34. The topological polar surface area (TPSA) is 40.5 Å². The summed E-state index contributed by atoms with van der Waals surface area (Å²) in [4.78, 5) is 14.6. The van der Waals surface area contributed by atoms with E-state index in [4.69, 9.17) is 0 Å². The van der Waals surface area contributed by atoms with E-state index in [9.17, 15) is 9.90 Å². The van der Waals surface area contributed by atoms with E-state index < -0.39 is 0 Å². The third-order valence-electron chi connectivity index (χ3n) is 5.24. The zero-order valence-corrected chi connectivity index (χ0v) is 13.2. The minimum absolute atomic E-state index is 0.187. The Morgan fingerprint density at radius 2 is 1.95 bits per heavy atom. The van der Waals surface area contributed by atoms with Crippen LogP contribution in [0.15, 0.2) is 0 Å². The van der Waals surface area contributed by atoms with Crippen LogP contribution in [0.2, 0.25) is 0 Å². The first kappa shape index (κ1) is 16.0. The van der Waals surface area contributed by atoms with E-state index in [-0.39, 0.29) is 12.5 Å². The quantitative estimate of drug-likeness (QED) is 0.842. The molecule has 2 aliphatic carbocycles. The Labute approximate surface area is 123 Å². The van der Waals surface area contributed by atoms with Gasteiger partial charge in [-0.15, -0.1) is 0 Å². The van der Waals surface area contributed by atoms with Crippen molar-refractivity contribution in [3.8, 4) is 0 Å². The van der Waals surface area contributed by atoms with Crippen molar-refractivity contribution in [1.82, 2.24) is 4.90 Å². The van der Waals surface area contributed by atoms with Gasteiger partial charge in [-0.25, -0.2) is 0 Å². The Kier molecular flexibility index (Phi) is 5.62. The number of nitrogens with zero attached hydrogens (tertiary/aromatic N) is 1. The van der Waals surface area contributed by atoms with Crippen LogP contribution < -0.4 is 0 Å². The fourth-order valence-electron chi connectivity index (χ4n) is 4.00. The number of hydrogen-bond acceptors (Lipinski definition) is 3. The van der Waals surface area contributed by atoms with Crippen molar-refractivity contribution in [2.24, 2.45) is 11.3 Å². The maximum Gasteiger partial charge on any atom is 0.137 e. The van der Waals surface area contributed by atoms with Crippen LogP contribution in [0.25, 0.3) is 0 Å². The van der Waals surface area contributed by atoms with Crippen molar-refractivity contribution in [3.05, 3.63) is 0 Å². The zero-order chi connectivity index (χ0) is 14.6. The highest BCUT2D eigenvalue weighted by molar-refractivity contribution is 5.82. The maximum absolute atomic E-state index is 12.2. The van der Waals surface area contributed by atoms with Crippen LogP contribution in [0.5, 0.6) is 0 Å². The molecular formula is C17H31NO2. The zero-order valence-electron chi connectivity index (χ0n) is 13.2.